The second kappa shape index (κ2) is 10.5. The van der Waals surface area contributed by atoms with Crippen molar-refractivity contribution in [2.75, 3.05) is 0 Å². The first-order chi connectivity index (χ1) is 14.2. The molecule has 0 saturated carbocycles. The van der Waals surface area contributed by atoms with Gasteiger partial charge < -0.3 is 10.2 Å². The van der Waals surface area contributed by atoms with E-state index in [9.17, 15) is 19.7 Å². The van der Waals surface area contributed by atoms with E-state index >= 15 is 0 Å². The highest BCUT2D eigenvalue weighted by Crippen LogP contribution is 2.21. The van der Waals surface area contributed by atoms with Gasteiger partial charge in [0.2, 0.25) is 11.8 Å². The predicted molar refractivity (Wildman–Crippen MR) is 116 cm³/mol. The zero-order valence-corrected chi connectivity index (χ0v) is 17.9. The number of para-hydroxylation sites is 1. The largest absolute Gasteiger partial charge is 0.352 e. The Labute approximate surface area is 177 Å². The van der Waals surface area contributed by atoms with Crippen LogP contribution in [0.1, 0.15) is 43.9 Å². The molecule has 30 heavy (non-hydrogen) atoms. The number of nitrogens with one attached hydrogen (secondary N) is 1. The predicted octanol–water partition coefficient (Wildman–Crippen LogP) is 3.78. The second-order valence-electron chi connectivity index (χ2n) is 7.50. The molecule has 2 aromatic carbocycles. The molecular formula is C23H29N3O4. The van der Waals surface area contributed by atoms with E-state index in [0.29, 0.717) is 5.56 Å². The summed E-state index contributed by atoms with van der Waals surface area (Å²) in [6.45, 7) is 7.77. The van der Waals surface area contributed by atoms with Gasteiger partial charge in [0, 0.05) is 24.2 Å². The van der Waals surface area contributed by atoms with Crippen LogP contribution in [0.25, 0.3) is 0 Å². The first-order valence-corrected chi connectivity index (χ1v) is 10.1. The van der Waals surface area contributed by atoms with Crippen molar-refractivity contribution in [3.63, 3.8) is 0 Å². The lowest BCUT2D eigenvalue weighted by molar-refractivity contribution is -0.385. The normalized spacial score (nSPS) is 12.7. The number of rotatable bonds is 9. The van der Waals surface area contributed by atoms with Gasteiger partial charge in [-0.25, -0.2) is 0 Å². The quantitative estimate of drug-likeness (QED) is 0.502. The van der Waals surface area contributed by atoms with E-state index in [1.165, 1.54) is 11.0 Å². The van der Waals surface area contributed by atoms with Crippen LogP contribution in [0.15, 0.2) is 48.5 Å². The summed E-state index contributed by atoms with van der Waals surface area (Å²) in [6.07, 6.45) is 0.629. The van der Waals surface area contributed by atoms with Crippen molar-refractivity contribution in [1.29, 1.82) is 0 Å². The molecule has 0 heterocycles. The standard InChI is InChI=1S/C23H29N3O4/c1-5-17(3)24-23(28)18(4)25(15-20-12-7-6-10-16(20)2)22(27)14-19-11-8-9-13-21(19)26(29)30/h6-13,17-18H,5,14-15H2,1-4H3,(H,24,28)/t17-,18-/m1/s1. The highest BCUT2D eigenvalue weighted by atomic mass is 16.6. The van der Waals surface area contributed by atoms with Gasteiger partial charge in [-0.05, 0) is 38.3 Å². The zero-order valence-electron chi connectivity index (χ0n) is 17.9. The number of hydrogen-bond acceptors (Lipinski definition) is 4. The number of amides is 2. The monoisotopic (exact) mass is 411 g/mol. The Bertz CT molecular complexity index is 913. The van der Waals surface area contributed by atoms with Crippen molar-refractivity contribution in [3.8, 4) is 0 Å². The minimum absolute atomic E-state index is 0.00873. The van der Waals surface area contributed by atoms with Crippen LogP contribution >= 0.6 is 0 Å². The Balaban J connectivity index is 2.32. The second-order valence-corrected chi connectivity index (χ2v) is 7.50. The van der Waals surface area contributed by atoms with Crippen molar-refractivity contribution in [2.24, 2.45) is 0 Å². The van der Waals surface area contributed by atoms with Crippen LogP contribution in [0.3, 0.4) is 0 Å². The van der Waals surface area contributed by atoms with Crippen LogP contribution in [-0.4, -0.2) is 33.7 Å². The molecule has 0 aliphatic rings. The van der Waals surface area contributed by atoms with Crippen LogP contribution < -0.4 is 5.32 Å². The molecule has 0 aliphatic carbocycles. The molecule has 160 valence electrons. The summed E-state index contributed by atoms with van der Waals surface area (Å²) in [4.78, 5) is 38.3. The lowest BCUT2D eigenvalue weighted by atomic mass is 10.0. The molecule has 0 spiro atoms. The molecular weight excluding hydrogens is 382 g/mol. The third kappa shape index (κ3) is 5.89. The van der Waals surface area contributed by atoms with Crippen molar-refractivity contribution >= 4 is 17.5 Å². The number of benzene rings is 2. The van der Waals surface area contributed by atoms with Gasteiger partial charge in [-0.15, -0.1) is 0 Å². The maximum Gasteiger partial charge on any atom is 0.273 e. The molecule has 2 rings (SSSR count). The molecule has 0 unspecified atom stereocenters. The molecule has 0 bridgehead atoms. The van der Waals surface area contributed by atoms with E-state index < -0.39 is 11.0 Å². The molecule has 0 radical (unpaired) electrons. The SMILES string of the molecule is CC[C@@H](C)NC(=O)[C@@H](C)N(Cc1ccccc1C)C(=O)Cc1ccccc1[N+](=O)[O-]. The third-order valence-corrected chi connectivity index (χ3v) is 5.30. The summed E-state index contributed by atoms with van der Waals surface area (Å²) >= 11 is 0. The average Bonchev–Trinajstić information content (AvgIpc) is 2.72. The Morgan fingerprint density at radius 2 is 1.67 bits per heavy atom. The van der Waals surface area contributed by atoms with Gasteiger partial charge in [-0.1, -0.05) is 49.4 Å². The Morgan fingerprint density at radius 3 is 2.27 bits per heavy atom. The molecule has 7 nitrogen and oxygen atoms in total. The minimum atomic E-state index is -0.714. The fourth-order valence-electron chi connectivity index (χ4n) is 3.12. The number of nitrogens with zero attached hydrogens (tertiary/aromatic N) is 2. The highest BCUT2D eigenvalue weighted by molar-refractivity contribution is 5.88. The van der Waals surface area contributed by atoms with Gasteiger partial charge in [-0.2, -0.15) is 0 Å². The summed E-state index contributed by atoms with van der Waals surface area (Å²) < 4.78 is 0. The van der Waals surface area contributed by atoms with E-state index in [1.807, 2.05) is 45.0 Å². The fourth-order valence-corrected chi connectivity index (χ4v) is 3.12. The van der Waals surface area contributed by atoms with E-state index in [0.717, 1.165) is 17.5 Å². The van der Waals surface area contributed by atoms with Crippen molar-refractivity contribution < 1.29 is 14.5 Å². The number of hydrogen-bond donors (Lipinski definition) is 1. The van der Waals surface area contributed by atoms with Crippen LogP contribution in [0.4, 0.5) is 5.69 Å². The molecule has 0 aromatic heterocycles. The Kier molecular flexibility index (Phi) is 8.09. The van der Waals surface area contributed by atoms with Gasteiger partial charge in [-0.3, -0.25) is 19.7 Å². The maximum absolute atomic E-state index is 13.2. The van der Waals surface area contributed by atoms with E-state index in [1.54, 1.807) is 25.1 Å². The molecule has 1 N–H and O–H groups in total. The van der Waals surface area contributed by atoms with Crippen LogP contribution in [0.2, 0.25) is 0 Å². The molecule has 2 atom stereocenters. The molecule has 0 aliphatic heterocycles. The van der Waals surface area contributed by atoms with Crippen molar-refractivity contribution in [1.82, 2.24) is 10.2 Å². The first-order valence-electron chi connectivity index (χ1n) is 10.1. The molecule has 0 saturated heterocycles. The number of nitro benzene ring substituents is 1. The van der Waals surface area contributed by atoms with Crippen LogP contribution in [0.5, 0.6) is 0 Å². The first kappa shape index (κ1) is 23.1. The summed E-state index contributed by atoms with van der Waals surface area (Å²) in [7, 11) is 0. The summed E-state index contributed by atoms with van der Waals surface area (Å²) in [5.41, 5.74) is 2.17. The minimum Gasteiger partial charge on any atom is -0.352 e. The lowest BCUT2D eigenvalue weighted by Gasteiger charge is -2.30. The molecule has 0 fully saturated rings. The number of nitro groups is 1. The number of carbonyl (C=O) groups excluding carboxylic acids is 2. The topological polar surface area (TPSA) is 92.6 Å². The summed E-state index contributed by atoms with van der Waals surface area (Å²) in [5, 5.41) is 14.2. The Morgan fingerprint density at radius 1 is 1.07 bits per heavy atom. The van der Waals surface area contributed by atoms with Crippen LogP contribution in [0, 0.1) is 17.0 Å². The molecule has 2 amide bonds. The lowest BCUT2D eigenvalue weighted by Crippen LogP contribution is -2.50. The van der Waals surface area contributed by atoms with E-state index in [2.05, 4.69) is 5.32 Å². The number of carbonyl (C=O) groups is 2. The van der Waals surface area contributed by atoms with Crippen molar-refractivity contribution in [3.05, 3.63) is 75.3 Å². The Hall–Kier alpha value is -3.22. The van der Waals surface area contributed by atoms with Crippen molar-refractivity contribution in [2.45, 2.75) is 59.2 Å². The zero-order chi connectivity index (χ0) is 22.3. The van der Waals surface area contributed by atoms with Gasteiger partial charge in [0.15, 0.2) is 0 Å². The highest BCUT2D eigenvalue weighted by Gasteiger charge is 2.28. The van der Waals surface area contributed by atoms with E-state index in [-0.39, 0.29) is 36.5 Å². The average molecular weight is 412 g/mol. The van der Waals surface area contributed by atoms with Crippen LogP contribution in [-0.2, 0) is 22.6 Å². The maximum atomic E-state index is 13.2. The van der Waals surface area contributed by atoms with Gasteiger partial charge in [0.1, 0.15) is 6.04 Å². The van der Waals surface area contributed by atoms with Gasteiger partial charge >= 0.3 is 0 Å². The molecule has 7 heteroatoms. The van der Waals surface area contributed by atoms with E-state index in [4.69, 9.17) is 0 Å². The fraction of sp³-hybridized carbons (Fsp3) is 0.391. The van der Waals surface area contributed by atoms with Gasteiger partial charge in [0.25, 0.3) is 5.69 Å². The summed E-state index contributed by atoms with van der Waals surface area (Å²) in [6, 6.07) is 13.1. The molecule has 2 aromatic rings. The smallest absolute Gasteiger partial charge is 0.273 e. The number of aryl methyl sites for hydroxylation is 1. The summed E-state index contributed by atoms with van der Waals surface area (Å²) in [5.74, 6) is -0.576. The third-order valence-electron chi connectivity index (χ3n) is 5.30. The van der Waals surface area contributed by atoms with Gasteiger partial charge in [0.05, 0.1) is 11.3 Å².